The third-order valence-corrected chi connectivity index (χ3v) is 7.99. The molecule has 204 valence electrons. The quantitative estimate of drug-likeness (QED) is 0.235. The van der Waals surface area contributed by atoms with Crippen molar-refractivity contribution in [3.8, 4) is 28.5 Å². The number of carbonyl (C=O) groups is 2. The normalized spacial score (nSPS) is 16.9. The van der Waals surface area contributed by atoms with Crippen LogP contribution in [0.2, 0.25) is 5.02 Å². The molecule has 0 aliphatic heterocycles. The summed E-state index contributed by atoms with van der Waals surface area (Å²) in [6.45, 7) is 1.64. The molecule has 0 N–H and O–H groups in total. The fourth-order valence-corrected chi connectivity index (χ4v) is 5.66. The van der Waals surface area contributed by atoms with Gasteiger partial charge >= 0.3 is 6.01 Å². The molecule has 3 heterocycles. The smallest absolute Gasteiger partial charge is 0.316 e. The fourth-order valence-electron chi connectivity index (χ4n) is 5.45. The number of ether oxygens (including phenoxy) is 1. The number of halogens is 2. The number of hydrogen-bond donors (Lipinski definition) is 0. The summed E-state index contributed by atoms with van der Waals surface area (Å²) < 4.78 is 25.0. The number of carbonyl (C=O) groups excluding carboxylic acids is 2. The molecule has 9 nitrogen and oxygen atoms in total. The van der Waals surface area contributed by atoms with Gasteiger partial charge in [0.2, 0.25) is 11.7 Å². The molecule has 0 saturated heterocycles. The minimum Gasteiger partial charge on any atom is -0.467 e. The summed E-state index contributed by atoms with van der Waals surface area (Å²) >= 11 is 6.20. The molecule has 1 atom stereocenters. The van der Waals surface area contributed by atoms with Crippen molar-refractivity contribution in [1.82, 2.24) is 25.1 Å². The number of aryl methyl sites for hydroxylation is 2. The second-order valence-corrected chi connectivity index (χ2v) is 10.9. The van der Waals surface area contributed by atoms with Gasteiger partial charge in [0.1, 0.15) is 11.6 Å². The van der Waals surface area contributed by atoms with Crippen molar-refractivity contribution in [2.45, 2.75) is 51.4 Å². The molecule has 2 aliphatic carbocycles. The van der Waals surface area contributed by atoms with Gasteiger partial charge in [0.05, 0.1) is 18.2 Å². The van der Waals surface area contributed by atoms with Gasteiger partial charge in [-0.25, -0.2) is 14.4 Å². The monoisotopic (exact) mass is 561 g/mol. The van der Waals surface area contributed by atoms with Gasteiger partial charge in [-0.1, -0.05) is 16.8 Å². The first-order chi connectivity index (χ1) is 19.3. The lowest BCUT2D eigenvalue weighted by molar-refractivity contribution is -0.124. The van der Waals surface area contributed by atoms with E-state index >= 15 is 4.39 Å². The zero-order valence-corrected chi connectivity index (χ0v) is 22.7. The Hall–Kier alpha value is -4.05. The van der Waals surface area contributed by atoms with Crippen molar-refractivity contribution in [1.29, 1.82) is 0 Å². The average molecular weight is 562 g/mol. The summed E-state index contributed by atoms with van der Waals surface area (Å²) in [4.78, 5) is 43.2. The highest BCUT2D eigenvalue weighted by Gasteiger charge is 2.51. The highest BCUT2D eigenvalue weighted by atomic mass is 35.5. The summed E-state index contributed by atoms with van der Waals surface area (Å²) in [5.74, 6) is -0.199. The first kappa shape index (κ1) is 26.2. The van der Waals surface area contributed by atoms with Crippen LogP contribution >= 0.6 is 11.6 Å². The number of rotatable bonds is 9. The lowest BCUT2D eigenvalue weighted by Crippen LogP contribution is -2.22. The van der Waals surface area contributed by atoms with Gasteiger partial charge in [-0.05, 0) is 55.0 Å². The number of methoxy groups -OCH3 is 1. The van der Waals surface area contributed by atoms with E-state index in [4.69, 9.17) is 25.8 Å². The first-order valence-corrected chi connectivity index (χ1v) is 13.4. The van der Waals surface area contributed by atoms with Crippen molar-refractivity contribution < 1.29 is 23.2 Å². The van der Waals surface area contributed by atoms with Crippen LogP contribution in [0.1, 0.15) is 65.5 Å². The van der Waals surface area contributed by atoms with Crippen LogP contribution in [0.25, 0.3) is 22.5 Å². The van der Waals surface area contributed by atoms with Crippen LogP contribution in [-0.2, 0) is 11.2 Å². The fraction of sp³-hybridized carbons (Fsp3) is 0.345. The molecule has 0 spiro atoms. The van der Waals surface area contributed by atoms with E-state index in [0.29, 0.717) is 41.8 Å². The third kappa shape index (κ3) is 4.88. The second-order valence-electron chi connectivity index (χ2n) is 10.4. The molecule has 11 heteroatoms. The zero-order valence-electron chi connectivity index (χ0n) is 21.9. The first-order valence-electron chi connectivity index (χ1n) is 13.0. The van der Waals surface area contributed by atoms with E-state index in [1.54, 1.807) is 19.2 Å². The zero-order chi connectivity index (χ0) is 28.0. The number of aromatic nitrogens is 5. The van der Waals surface area contributed by atoms with E-state index in [2.05, 4.69) is 20.1 Å². The molecule has 4 aromatic rings. The summed E-state index contributed by atoms with van der Waals surface area (Å²) in [5, 5.41) is 4.13. The van der Waals surface area contributed by atoms with E-state index < -0.39 is 11.2 Å². The summed E-state index contributed by atoms with van der Waals surface area (Å²) in [6.07, 6.45) is 7.90. The van der Waals surface area contributed by atoms with Crippen LogP contribution in [0.4, 0.5) is 4.39 Å². The number of nitrogens with zero attached hydrogens (tertiary/aromatic N) is 5. The van der Waals surface area contributed by atoms with Crippen LogP contribution in [0.5, 0.6) is 6.01 Å². The van der Waals surface area contributed by atoms with Gasteiger partial charge in [-0.15, -0.1) is 0 Å². The average Bonchev–Trinajstić information content (AvgIpc) is 3.43. The number of ketones is 2. The van der Waals surface area contributed by atoms with Gasteiger partial charge in [0.15, 0.2) is 5.78 Å². The van der Waals surface area contributed by atoms with Gasteiger partial charge in [-0.2, -0.15) is 4.98 Å². The van der Waals surface area contributed by atoms with Crippen molar-refractivity contribution in [3.05, 3.63) is 70.3 Å². The van der Waals surface area contributed by atoms with Crippen LogP contribution in [0.3, 0.4) is 0 Å². The van der Waals surface area contributed by atoms with Crippen LogP contribution in [0.15, 0.2) is 41.3 Å². The van der Waals surface area contributed by atoms with Crippen molar-refractivity contribution in [2.24, 2.45) is 5.41 Å². The van der Waals surface area contributed by atoms with Gasteiger partial charge < -0.3 is 9.26 Å². The summed E-state index contributed by atoms with van der Waals surface area (Å²) in [6, 6.07) is 5.03. The summed E-state index contributed by atoms with van der Waals surface area (Å²) in [5.41, 5.74) is 2.98. The van der Waals surface area contributed by atoms with Crippen LogP contribution < -0.4 is 4.74 Å². The highest BCUT2D eigenvalue weighted by molar-refractivity contribution is 6.31. The van der Waals surface area contributed by atoms with E-state index in [1.165, 1.54) is 25.6 Å². The van der Waals surface area contributed by atoms with Crippen molar-refractivity contribution in [2.75, 3.05) is 7.11 Å². The molecule has 0 bridgehead atoms. The molecule has 6 rings (SSSR count). The Morgan fingerprint density at radius 3 is 2.60 bits per heavy atom. The Labute approximate surface area is 234 Å². The Kier molecular flexibility index (Phi) is 6.66. The third-order valence-electron chi connectivity index (χ3n) is 7.78. The van der Waals surface area contributed by atoms with E-state index in [1.807, 2.05) is 6.07 Å². The van der Waals surface area contributed by atoms with Gasteiger partial charge in [-0.3, -0.25) is 14.6 Å². The SMILES string of the molecule is COc1ncc(C(=O)CC2(C(=O)CC3CCc4cc(-c5cc(Cl)cc(F)c5-c5noc(C)n5)cnc43)CC2)cn1. The molecule has 0 radical (unpaired) electrons. The minimum atomic E-state index is -0.629. The second kappa shape index (κ2) is 10.2. The lowest BCUT2D eigenvalue weighted by Gasteiger charge is -2.17. The highest BCUT2D eigenvalue weighted by Crippen LogP contribution is 2.52. The number of pyridine rings is 1. The summed E-state index contributed by atoms with van der Waals surface area (Å²) in [7, 11) is 1.46. The predicted molar refractivity (Wildman–Crippen MR) is 143 cm³/mol. The maximum atomic E-state index is 15.0. The van der Waals surface area contributed by atoms with E-state index in [9.17, 15) is 9.59 Å². The number of fused-ring (bicyclic) bond motifs is 1. The standard InChI is InChI=1S/C29H25ClFN5O4/c1-15-35-27(36-40-15)25-21(9-20(30)10-22(25)31)18-7-16-3-4-17(26(16)32-12-18)8-24(38)29(5-6-29)11-23(37)19-13-33-28(39-2)34-14-19/h7,9-10,12-14,17H,3-6,8,11H2,1-2H3. The minimum absolute atomic E-state index is 0.0381. The van der Waals surface area contributed by atoms with E-state index in [0.717, 1.165) is 24.1 Å². The maximum Gasteiger partial charge on any atom is 0.316 e. The molecular formula is C29H25ClFN5O4. The molecule has 0 amide bonds. The largest absolute Gasteiger partial charge is 0.467 e. The molecule has 3 aromatic heterocycles. The topological polar surface area (TPSA) is 121 Å². The Bertz CT molecular complexity index is 1630. The number of Topliss-reactive ketones (excluding diaryl/α,β-unsaturated/α-hetero) is 2. The molecule has 40 heavy (non-hydrogen) atoms. The van der Waals surface area contributed by atoms with Gasteiger partial charge in [0, 0.05) is 66.0 Å². The molecule has 1 saturated carbocycles. The Balaban J connectivity index is 1.20. The van der Waals surface area contributed by atoms with Crippen molar-refractivity contribution >= 4 is 23.2 Å². The molecular weight excluding hydrogens is 537 g/mol. The lowest BCUT2D eigenvalue weighted by atomic mass is 9.86. The number of benzene rings is 1. The van der Waals surface area contributed by atoms with Crippen LogP contribution in [-0.4, -0.2) is 43.8 Å². The van der Waals surface area contributed by atoms with Gasteiger partial charge in [0.25, 0.3) is 0 Å². The Morgan fingerprint density at radius 1 is 1.15 bits per heavy atom. The molecule has 2 aliphatic rings. The molecule has 1 fully saturated rings. The maximum absolute atomic E-state index is 15.0. The predicted octanol–water partition coefficient (Wildman–Crippen LogP) is 5.74. The molecule has 1 unspecified atom stereocenters. The van der Waals surface area contributed by atoms with E-state index in [-0.39, 0.29) is 46.3 Å². The molecule has 1 aromatic carbocycles. The van der Waals surface area contributed by atoms with Crippen molar-refractivity contribution in [3.63, 3.8) is 0 Å². The van der Waals surface area contributed by atoms with Crippen LogP contribution in [0, 0.1) is 18.2 Å². The Morgan fingerprint density at radius 2 is 1.93 bits per heavy atom. The number of hydrogen-bond acceptors (Lipinski definition) is 9.